The van der Waals surface area contributed by atoms with Crippen LogP contribution in [0.3, 0.4) is 0 Å². The molecule has 1 N–H and O–H groups in total. The Balaban J connectivity index is 1.57. The van der Waals surface area contributed by atoms with Crippen molar-refractivity contribution in [1.29, 1.82) is 0 Å². The molecular formula is C24H27F3N2O2. The molecule has 2 saturated carbocycles. The molecule has 1 amide bonds. The van der Waals surface area contributed by atoms with Crippen molar-refractivity contribution in [3.63, 3.8) is 0 Å². The highest BCUT2D eigenvalue weighted by Gasteiger charge is 2.45. The minimum absolute atomic E-state index is 0.0129. The van der Waals surface area contributed by atoms with Crippen molar-refractivity contribution in [2.24, 2.45) is 0 Å². The number of hydrogen-bond acceptors (Lipinski definition) is 3. The molecule has 2 fully saturated rings. The van der Waals surface area contributed by atoms with E-state index in [9.17, 15) is 23.1 Å². The smallest absolute Gasteiger partial charge is 0.396 e. The van der Waals surface area contributed by atoms with Crippen LogP contribution in [0.15, 0.2) is 48.7 Å². The summed E-state index contributed by atoms with van der Waals surface area (Å²) >= 11 is 0. The third kappa shape index (κ3) is 4.47. The zero-order chi connectivity index (χ0) is 22.1. The van der Waals surface area contributed by atoms with Gasteiger partial charge in [-0.3, -0.25) is 9.78 Å². The fourth-order valence-corrected chi connectivity index (χ4v) is 5.00. The molecule has 0 bridgehead atoms. The average molecular weight is 432 g/mol. The Hall–Kier alpha value is -2.41. The predicted molar refractivity (Wildman–Crippen MR) is 111 cm³/mol. The van der Waals surface area contributed by atoms with Gasteiger partial charge in [-0.15, -0.1) is 0 Å². The van der Waals surface area contributed by atoms with Gasteiger partial charge in [0.2, 0.25) is 0 Å². The molecule has 0 atom stereocenters. The molecule has 1 aromatic carbocycles. The summed E-state index contributed by atoms with van der Waals surface area (Å²) in [5.74, 6) is -0.520. The van der Waals surface area contributed by atoms with Crippen LogP contribution in [0.4, 0.5) is 13.2 Å². The number of rotatable bonds is 6. The largest absolute Gasteiger partial charge is 0.417 e. The maximum Gasteiger partial charge on any atom is 0.417 e. The number of alkyl halides is 3. The zero-order valence-electron chi connectivity index (χ0n) is 17.3. The third-order valence-electron chi connectivity index (χ3n) is 6.74. The van der Waals surface area contributed by atoms with E-state index in [1.54, 1.807) is 11.1 Å². The molecule has 2 aliphatic carbocycles. The standard InChI is InChI=1S/C24H27F3N2O2/c25-24(26,27)20-6-2-1-5-19(20)22(31)29(17-8-9-17)18-10-12-23(13-11-18,14-16-30)21-7-3-4-15-28-21/h1-7,15,17-18,30H,8-14,16H2/t18-,23-. The van der Waals surface area contributed by atoms with E-state index in [1.807, 2.05) is 18.2 Å². The molecule has 31 heavy (non-hydrogen) atoms. The van der Waals surface area contributed by atoms with E-state index in [4.69, 9.17) is 0 Å². The van der Waals surface area contributed by atoms with Crippen LogP contribution in [0.5, 0.6) is 0 Å². The molecular weight excluding hydrogens is 405 g/mol. The lowest BCUT2D eigenvalue weighted by Gasteiger charge is -2.43. The van der Waals surface area contributed by atoms with E-state index in [2.05, 4.69) is 4.98 Å². The van der Waals surface area contributed by atoms with Crippen LogP contribution in [0.1, 0.15) is 66.6 Å². The zero-order valence-corrected chi connectivity index (χ0v) is 17.3. The molecule has 0 spiro atoms. The normalized spacial score (nSPS) is 24.1. The molecule has 4 rings (SSSR count). The number of benzene rings is 1. The summed E-state index contributed by atoms with van der Waals surface area (Å²) in [4.78, 5) is 19.6. The maximum absolute atomic E-state index is 13.5. The molecule has 7 heteroatoms. The third-order valence-corrected chi connectivity index (χ3v) is 6.74. The van der Waals surface area contributed by atoms with Crippen LogP contribution in [-0.4, -0.2) is 39.6 Å². The van der Waals surface area contributed by atoms with Crippen molar-refractivity contribution < 1.29 is 23.1 Å². The summed E-state index contributed by atoms with van der Waals surface area (Å²) in [6.45, 7) is 0.0471. The van der Waals surface area contributed by atoms with E-state index in [0.717, 1.165) is 37.4 Å². The van der Waals surface area contributed by atoms with Gasteiger partial charge in [0, 0.05) is 36.0 Å². The quantitative estimate of drug-likeness (QED) is 0.701. The van der Waals surface area contributed by atoms with Crippen molar-refractivity contribution in [2.45, 2.75) is 68.6 Å². The van der Waals surface area contributed by atoms with Crippen LogP contribution in [0.25, 0.3) is 0 Å². The number of nitrogens with zero attached hydrogens (tertiary/aromatic N) is 2. The summed E-state index contributed by atoms with van der Waals surface area (Å²) in [6.07, 6.45) is 2.29. The molecule has 4 nitrogen and oxygen atoms in total. The van der Waals surface area contributed by atoms with Crippen LogP contribution < -0.4 is 0 Å². The van der Waals surface area contributed by atoms with Gasteiger partial charge in [-0.1, -0.05) is 18.2 Å². The van der Waals surface area contributed by atoms with Crippen molar-refractivity contribution in [3.8, 4) is 0 Å². The minimum atomic E-state index is -4.57. The Morgan fingerprint density at radius 3 is 2.26 bits per heavy atom. The Labute approximate surface area is 180 Å². The number of aromatic nitrogens is 1. The highest BCUT2D eigenvalue weighted by atomic mass is 19.4. The molecule has 2 aromatic rings. The fraction of sp³-hybridized carbons (Fsp3) is 0.500. The van der Waals surface area contributed by atoms with E-state index < -0.39 is 17.6 Å². The Morgan fingerprint density at radius 1 is 1.03 bits per heavy atom. The molecule has 1 heterocycles. The van der Waals surface area contributed by atoms with E-state index in [1.165, 1.54) is 18.2 Å². The Kier molecular flexibility index (Phi) is 6.06. The molecule has 0 saturated heterocycles. The highest BCUT2D eigenvalue weighted by molar-refractivity contribution is 5.96. The number of amides is 1. The van der Waals surface area contributed by atoms with Gasteiger partial charge in [-0.25, -0.2) is 0 Å². The second-order valence-corrected chi connectivity index (χ2v) is 8.69. The lowest BCUT2D eigenvalue weighted by atomic mass is 9.68. The van der Waals surface area contributed by atoms with Crippen LogP contribution >= 0.6 is 0 Å². The number of halogens is 3. The predicted octanol–water partition coefficient (Wildman–Crippen LogP) is 4.97. The van der Waals surface area contributed by atoms with Crippen molar-refractivity contribution in [3.05, 3.63) is 65.5 Å². The van der Waals surface area contributed by atoms with Gasteiger partial charge in [0.05, 0.1) is 11.1 Å². The Bertz CT molecular complexity index is 905. The number of pyridine rings is 1. The van der Waals surface area contributed by atoms with Crippen molar-refractivity contribution in [1.82, 2.24) is 9.88 Å². The van der Waals surface area contributed by atoms with Gasteiger partial charge < -0.3 is 10.0 Å². The topological polar surface area (TPSA) is 53.4 Å². The van der Waals surface area contributed by atoms with Gasteiger partial charge >= 0.3 is 6.18 Å². The maximum atomic E-state index is 13.5. The molecule has 0 aliphatic heterocycles. The van der Waals surface area contributed by atoms with Gasteiger partial charge in [-0.2, -0.15) is 13.2 Å². The first-order valence-electron chi connectivity index (χ1n) is 10.9. The molecule has 0 radical (unpaired) electrons. The number of aliphatic hydroxyl groups excluding tert-OH is 1. The van der Waals surface area contributed by atoms with Gasteiger partial charge in [0.15, 0.2) is 0 Å². The van der Waals surface area contributed by atoms with E-state index in [0.29, 0.717) is 19.3 Å². The number of carbonyl (C=O) groups is 1. The number of carbonyl (C=O) groups excluding carboxylic acids is 1. The van der Waals surface area contributed by atoms with Crippen LogP contribution in [-0.2, 0) is 11.6 Å². The molecule has 1 aromatic heterocycles. The van der Waals surface area contributed by atoms with Gasteiger partial charge in [0.1, 0.15) is 0 Å². The van der Waals surface area contributed by atoms with Crippen LogP contribution in [0, 0.1) is 0 Å². The second-order valence-electron chi connectivity index (χ2n) is 8.69. The minimum Gasteiger partial charge on any atom is -0.396 e. The average Bonchev–Trinajstić information content (AvgIpc) is 3.60. The van der Waals surface area contributed by atoms with Gasteiger partial charge in [0.25, 0.3) is 5.91 Å². The first-order valence-corrected chi connectivity index (χ1v) is 10.9. The monoisotopic (exact) mass is 432 g/mol. The van der Waals surface area contributed by atoms with Gasteiger partial charge in [-0.05, 0) is 69.2 Å². The molecule has 0 unspecified atom stereocenters. The Morgan fingerprint density at radius 2 is 1.68 bits per heavy atom. The second kappa shape index (κ2) is 8.61. The van der Waals surface area contributed by atoms with Crippen molar-refractivity contribution in [2.75, 3.05) is 6.61 Å². The van der Waals surface area contributed by atoms with Crippen LogP contribution in [0.2, 0.25) is 0 Å². The lowest BCUT2D eigenvalue weighted by molar-refractivity contribution is -0.138. The highest BCUT2D eigenvalue weighted by Crippen LogP contribution is 2.45. The first-order chi connectivity index (χ1) is 14.9. The summed E-state index contributed by atoms with van der Waals surface area (Å²) in [6, 6.07) is 10.7. The van der Waals surface area contributed by atoms with E-state index in [-0.39, 0.29) is 29.7 Å². The fourth-order valence-electron chi connectivity index (χ4n) is 5.00. The summed E-state index contributed by atoms with van der Waals surface area (Å²) in [7, 11) is 0. The summed E-state index contributed by atoms with van der Waals surface area (Å²) in [5, 5.41) is 9.66. The molecule has 2 aliphatic rings. The lowest BCUT2D eigenvalue weighted by Crippen LogP contribution is -2.47. The SMILES string of the molecule is O=C(c1ccccc1C(F)(F)F)N(C1CC1)[C@H]1CC[C@](CCO)(c2ccccn2)CC1. The van der Waals surface area contributed by atoms with E-state index >= 15 is 0 Å². The molecule has 166 valence electrons. The summed E-state index contributed by atoms with van der Waals surface area (Å²) in [5.41, 5.74) is -0.452. The summed E-state index contributed by atoms with van der Waals surface area (Å²) < 4.78 is 40.5. The number of aliphatic hydroxyl groups is 1. The van der Waals surface area contributed by atoms with Crippen molar-refractivity contribution >= 4 is 5.91 Å². The first kappa shape index (κ1) is 21.8. The number of hydrogen-bond donors (Lipinski definition) is 1.